The summed E-state index contributed by atoms with van der Waals surface area (Å²) in [5.74, 6) is 1.62. The molecule has 6 rings (SSSR count). The number of fused-ring (bicyclic) bond motifs is 4. The number of benzene rings is 3. The van der Waals surface area contributed by atoms with Crippen LogP contribution in [0.1, 0.15) is 29.2 Å². The molecular formula is C26H19N2O3Pt-. The Hall–Kier alpha value is -3.17. The fourth-order valence-electron chi connectivity index (χ4n) is 4.33. The van der Waals surface area contributed by atoms with Gasteiger partial charge in [-0.2, -0.15) is 0 Å². The number of aliphatic imine (C=N–C) groups is 1. The summed E-state index contributed by atoms with van der Waals surface area (Å²) in [5, 5.41) is 10.9. The maximum absolute atomic E-state index is 10.1. The molecule has 0 saturated carbocycles. The van der Waals surface area contributed by atoms with Crippen molar-refractivity contribution in [2.45, 2.75) is 25.0 Å². The van der Waals surface area contributed by atoms with Crippen LogP contribution in [0.15, 0.2) is 77.8 Å². The van der Waals surface area contributed by atoms with Gasteiger partial charge in [0.25, 0.3) is 0 Å². The molecule has 0 spiro atoms. The fraction of sp³-hybridized carbons (Fsp3) is 0.154. The van der Waals surface area contributed by atoms with Crippen LogP contribution < -0.4 is 4.74 Å². The Morgan fingerprint density at radius 3 is 2.78 bits per heavy atom. The van der Waals surface area contributed by atoms with E-state index in [0.717, 1.165) is 23.8 Å². The second kappa shape index (κ2) is 8.40. The van der Waals surface area contributed by atoms with Crippen molar-refractivity contribution in [2.24, 2.45) is 4.99 Å². The third-order valence-electron chi connectivity index (χ3n) is 5.83. The van der Waals surface area contributed by atoms with Crippen LogP contribution in [0.4, 0.5) is 0 Å². The van der Waals surface area contributed by atoms with Crippen LogP contribution in [0, 0.1) is 6.07 Å². The Balaban J connectivity index is 0.00000216. The monoisotopic (exact) mass is 602 g/mol. The topological polar surface area (TPSA) is 63.9 Å². The molecule has 0 bridgehead atoms. The number of hydrogen-bond acceptors (Lipinski definition) is 5. The van der Waals surface area contributed by atoms with Crippen LogP contribution in [-0.4, -0.2) is 22.0 Å². The first kappa shape index (κ1) is 20.7. The Kier molecular flexibility index (Phi) is 5.44. The third-order valence-corrected chi connectivity index (χ3v) is 5.83. The summed E-state index contributed by atoms with van der Waals surface area (Å²) in [5.41, 5.74) is 3.83. The minimum Gasteiger partial charge on any atom is -0.510 e. The number of rotatable bonds is 3. The average Bonchev–Trinajstić information content (AvgIpc) is 3.25. The van der Waals surface area contributed by atoms with Crippen molar-refractivity contribution in [3.63, 3.8) is 0 Å². The van der Waals surface area contributed by atoms with Crippen molar-refractivity contribution >= 4 is 16.8 Å². The van der Waals surface area contributed by atoms with E-state index in [1.54, 1.807) is 18.2 Å². The van der Waals surface area contributed by atoms with E-state index in [1.807, 2.05) is 30.3 Å². The normalized spacial score (nSPS) is 18.7. The predicted octanol–water partition coefficient (Wildman–Crippen LogP) is 5.36. The second-order valence-corrected chi connectivity index (χ2v) is 7.81. The van der Waals surface area contributed by atoms with Gasteiger partial charge in [0.05, 0.1) is 6.04 Å². The van der Waals surface area contributed by atoms with Gasteiger partial charge in [0.2, 0.25) is 5.88 Å². The maximum atomic E-state index is 10.1. The smallest absolute Gasteiger partial charge is 0.217 e. The van der Waals surface area contributed by atoms with E-state index in [2.05, 4.69) is 35.3 Å². The zero-order chi connectivity index (χ0) is 20.8. The van der Waals surface area contributed by atoms with E-state index < -0.39 is 0 Å². The molecule has 3 aromatic carbocycles. The average molecular weight is 603 g/mol. The molecule has 32 heavy (non-hydrogen) atoms. The molecule has 0 saturated heterocycles. The van der Waals surface area contributed by atoms with Crippen molar-refractivity contribution in [1.29, 1.82) is 0 Å². The van der Waals surface area contributed by atoms with Gasteiger partial charge in [-0.05, 0) is 36.1 Å². The number of para-hydroxylation sites is 1. The van der Waals surface area contributed by atoms with Gasteiger partial charge in [-0.25, -0.2) is 4.98 Å². The van der Waals surface area contributed by atoms with Crippen LogP contribution in [0.3, 0.4) is 0 Å². The van der Waals surface area contributed by atoms with Gasteiger partial charge in [-0.1, -0.05) is 48.0 Å². The fourth-order valence-corrected chi connectivity index (χ4v) is 4.33. The molecule has 1 aromatic heterocycles. The summed E-state index contributed by atoms with van der Waals surface area (Å²) in [7, 11) is 0. The Morgan fingerprint density at radius 1 is 0.969 bits per heavy atom. The van der Waals surface area contributed by atoms with Crippen LogP contribution in [0.5, 0.6) is 17.4 Å². The van der Waals surface area contributed by atoms with E-state index >= 15 is 0 Å². The number of aromatic nitrogens is 1. The molecule has 0 amide bonds. The zero-order valence-electron chi connectivity index (χ0n) is 17.0. The summed E-state index contributed by atoms with van der Waals surface area (Å²) in [4.78, 5) is 9.27. The molecule has 1 unspecified atom stereocenters. The predicted molar refractivity (Wildman–Crippen MR) is 118 cm³/mol. The molecule has 1 aliphatic carbocycles. The standard InChI is InChI=1S/C26H19N2O3.Pt/c29-22-10-4-6-17-12-14-23(28-24(17)22)30-19-8-3-7-18(15-19)26-27-21-13-11-16-5-1-2-9-20(16)25(21)31-26;/h1-10,12,14,21,25,29H,11,13H2;/q-1;/t21-,25?;/m0./s1. The molecule has 4 aromatic rings. The number of phenols is 1. The van der Waals surface area contributed by atoms with E-state index in [4.69, 9.17) is 14.5 Å². The minimum absolute atomic E-state index is 0. The Labute approximate surface area is 200 Å². The molecular weight excluding hydrogens is 583 g/mol. The van der Waals surface area contributed by atoms with Gasteiger partial charge in [0.15, 0.2) is 0 Å². The molecule has 2 aliphatic rings. The largest absolute Gasteiger partial charge is 0.510 e. The molecule has 0 radical (unpaired) electrons. The molecule has 6 heteroatoms. The molecule has 162 valence electrons. The summed E-state index contributed by atoms with van der Waals surface area (Å²) >= 11 is 0. The Morgan fingerprint density at radius 2 is 1.84 bits per heavy atom. The number of aryl methyl sites for hydroxylation is 1. The maximum Gasteiger partial charge on any atom is 0.217 e. The summed E-state index contributed by atoms with van der Waals surface area (Å²) in [6, 6.07) is 26.4. The number of aromatic hydroxyl groups is 1. The molecule has 5 nitrogen and oxygen atoms in total. The van der Waals surface area contributed by atoms with Crippen LogP contribution in [0.25, 0.3) is 10.9 Å². The summed E-state index contributed by atoms with van der Waals surface area (Å²) in [6.45, 7) is 0. The van der Waals surface area contributed by atoms with Gasteiger partial charge in [-0.3, -0.25) is 4.99 Å². The first-order valence-corrected chi connectivity index (χ1v) is 10.4. The van der Waals surface area contributed by atoms with Gasteiger partial charge in [-0.15, -0.1) is 18.2 Å². The minimum atomic E-state index is -0.0388. The van der Waals surface area contributed by atoms with Crippen LogP contribution in [-0.2, 0) is 32.2 Å². The van der Waals surface area contributed by atoms with Gasteiger partial charge >= 0.3 is 0 Å². The quantitative estimate of drug-likeness (QED) is 0.321. The first-order valence-electron chi connectivity index (χ1n) is 10.4. The number of pyridine rings is 1. The van der Waals surface area contributed by atoms with Crippen molar-refractivity contribution < 1.29 is 35.6 Å². The molecule has 0 fully saturated rings. The van der Waals surface area contributed by atoms with Crippen molar-refractivity contribution in [3.8, 4) is 17.4 Å². The van der Waals surface area contributed by atoms with E-state index in [9.17, 15) is 5.11 Å². The zero-order valence-corrected chi connectivity index (χ0v) is 19.2. The van der Waals surface area contributed by atoms with Crippen LogP contribution in [0.2, 0.25) is 0 Å². The van der Waals surface area contributed by atoms with Crippen molar-refractivity contribution in [1.82, 2.24) is 4.98 Å². The van der Waals surface area contributed by atoms with E-state index in [-0.39, 0.29) is 39.0 Å². The number of hydrogen-bond donors (Lipinski definition) is 1. The summed E-state index contributed by atoms with van der Waals surface area (Å²) < 4.78 is 12.2. The number of nitrogens with zero attached hydrogens (tertiary/aromatic N) is 2. The first-order chi connectivity index (χ1) is 15.2. The number of ether oxygens (including phenoxy) is 2. The third kappa shape index (κ3) is 3.67. The molecule has 2 heterocycles. The van der Waals surface area contributed by atoms with Crippen molar-refractivity contribution in [2.75, 3.05) is 0 Å². The van der Waals surface area contributed by atoms with Gasteiger partial charge in [0, 0.05) is 38.3 Å². The SMILES string of the molecule is Oc1cccc2ccc(Oc3[c-]c(C4=N[C@H]5CCc6ccccc6C5O4)ccc3)nc12.[Pt]. The van der Waals surface area contributed by atoms with Crippen molar-refractivity contribution in [3.05, 3.63) is 95.6 Å². The second-order valence-electron chi connectivity index (χ2n) is 7.81. The summed E-state index contributed by atoms with van der Waals surface area (Å²) in [6.07, 6.45) is 1.96. The van der Waals surface area contributed by atoms with Gasteiger partial charge < -0.3 is 14.6 Å². The van der Waals surface area contributed by atoms with E-state index in [1.165, 1.54) is 11.1 Å². The van der Waals surface area contributed by atoms with Crippen LogP contribution >= 0.6 is 0 Å². The molecule has 2 atom stereocenters. The Bertz CT molecular complexity index is 1340. The molecule has 1 aliphatic heterocycles. The molecule has 1 N–H and O–H groups in total. The van der Waals surface area contributed by atoms with E-state index in [0.29, 0.717) is 23.0 Å². The number of phenolic OH excluding ortho intramolecular Hbond substituents is 1. The van der Waals surface area contributed by atoms with Gasteiger partial charge in [0.1, 0.15) is 23.3 Å².